The van der Waals surface area contributed by atoms with Crippen LogP contribution in [0.5, 0.6) is 0 Å². The third-order valence-electron chi connectivity index (χ3n) is 5.56. The van der Waals surface area contributed by atoms with Gasteiger partial charge in [0, 0.05) is 37.9 Å². The minimum absolute atomic E-state index is 0.0552. The largest absolute Gasteiger partial charge is 0.353 e. The van der Waals surface area contributed by atoms with Gasteiger partial charge in [-0.15, -0.1) is 0 Å². The van der Waals surface area contributed by atoms with Crippen LogP contribution < -0.4 is 15.1 Å². The van der Waals surface area contributed by atoms with E-state index in [-0.39, 0.29) is 11.8 Å². The van der Waals surface area contributed by atoms with Gasteiger partial charge < -0.3 is 15.1 Å². The van der Waals surface area contributed by atoms with E-state index in [1.165, 1.54) is 0 Å². The molecule has 4 amide bonds. The number of carbonyl (C=O) groups excluding carboxylic acids is 3. The molecule has 0 radical (unpaired) electrons. The fourth-order valence-corrected chi connectivity index (χ4v) is 3.95. The summed E-state index contributed by atoms with van der Waals surface area (Å²) < 4.78 is 0. The first kappa shape index (κ1) is 19.9. The molecule has 8 heteroatoms. The molecule has 4 rings (SSSR count). The smallest absolute Gasteiger partial charge is 0.329 e. The number of hydrogen-bond acceptors (Lipinski definition) is 5. The number of carbonyl (C=O) groups is 3. The molecule has 2 fully saturated rings. The van der Waals surface area contributed by atoms with Crippen LogP contribution in [-0.4, -0.2) is 60.0 Å². The van der Waals surface area contributed by atoms with E-state index in [2.05, 4.69) is 28.2 Å². The normalized spacial score (nSPS) is 19.3. The number of rotatable bonds is 3. The van der Waals surface area contributed by atoms with E-state index < -0.39 is 12.1 Å². The third-order valence-corrected chi connectivity index (χ3v) is 5.56. The zero-order valence-corrected chi connectivity index (χ0v) is 17.4. The van der Waals surface area contributed by atoms with Gasteiger partial charge in [0.05, 0.1) is 5.69 Å². The SMILES string of the molecule is Cc1cnc(N2CCN(C(=O)c3ccc(N4C(=O)NC(C)C4=O)cc3)CC2)c(C)c1. The molecule has 1 N–H and O–H groups in total. The maximum absolute atomic E-state index is 12.9. The molecule has 156 valence electrons. The standard InChI is InChI=1S/C22H25N5O3/c1-14-12-15(2)19(23-13-14)25-8-10-26(11-9-25)21(29)17-4-6-18(7-5-17)27-20(28)16(3)24-22(27)30/h4-7,12-13,16H,8-11H2,1-3H3,(H,24,30). The number of benzene rings is 1. The van der Waals surface area contributed by atoms with Crippen LogP contribution in [0.4, 0.5) is 16.3 Å². The molecule has 2 saturated heterocycles. The van der Waals surface area contributed by atoms with Gasteiger partial charge in [0.15, 0.2) is 0 Å². The molecule has 1 aromatic heterocycles. The molecular weight excluding hydrogens is 382 g/mol. The van der Waals surface area contributed by atoms with Crippen molar-refractivity contribution >= 4 is 29.4 Å². The lowest BCUT2D eigenvalue weighted by Crippen LogP contribution is -2.49. The monoisotopic (exact) mass is 407 g/mol. The number of aromatic nitrogens is 1. The summed E-state index contributed by atoms with van der Waals surface area (Å²) in [6, 6.07) is 7.74. The second-order valence-corrected chi connectivity index (χ2v) is 7.82. The van der Waals surface area contributed by atoms with Crippen molar-refractivity contribution in [1.29, 1.82) is 0 Å². The Balaban J connectivity index is 1.41. The summed E-state index contributed by atoms with van der Waals surface area (Å²) in [5.41, 5.74) is 3.28. The molecule has 2 aliphatic heterocycles. The second kappa shape index (κ2) is 7.78. The molecular formula is C22H25N5O3. The van der Waals surface area contributed by atoms with Crippen LogP contribution in [0, 0.1) is 13.8 Å². The van der Waals surface area contributed by atoms with Gasteiger partial charge in [0.2, 0.25) is 0 Å². The molecule has 0 saturated carbocycles. The van der Waals surface area contributed by atoms with E-state index in [4.69, 9.17) is 0 Å². The van der Waals surface area contributed by atoms with Crippen LogP contribution in [0.25, 0.3) is 0 Å². The first-order valence-corrected chi connectivity index (χ1v) is 10.1. The summed E-state index contributed by atoms with van der Waals surface area (Å²) in [6.07, 6.45) is 1.87. The predicted molar refractivity (Wildman–Crippen MR) is 114 cm³/mol. The zero-order valence-electron chi connectivity index (χ0n) is 17.4. The predicted octanol–water partition coefficient (Wildman–Crippen LogP) is 2.11. The van der Waals surface area contributed by atoms with Crippen molar-refractivity contribution in [3.8, 4) is 0 Å². The van der Waals surface area contributed by atoms with Crippen molar-refractivity contribution in [1.82, 2.24) is 15.2 Å². The molecule has 1 atom stereocenters. The summed E-state index contributed by atoms with van der Waals surface area (Å²) in [5, 5.41) is 2.58. The van der Waals surface area contributed by atoms with E-state index in [1.54, 1.807) is 31.2 Å². The minimum Gasteiger partial charge on any atom is -0.353 e. The maximum Gasteiger partial charge on any atom is 0.329 e. The van der Waals surface area contributed by atoms with Crippen LogP contribution in [0.15, 0.2) is 36.5 Å². The van der Waals surface area contributed by atoms with Crippen molar-refractivity contribution in [2.75, 3.05) is 36.0 Å². The van der Waals surface area contributed by atoms with Crippen LogP contribution in [0.3, 0.4) is 0 Å². The minimum atomic E-state index is -0.540. The highest BCUT2D eigenvalue weighted by Gasteiger charge is 2.36. The molecule has 0 spiro atoms. The van der Waals surface area contributed by atoms with Gasteiger partial charge in [0.1, 0.15) is 11.9 Å². The lowest BCUT2D eigenvalue weighted by molar-refractivity contribution is -0.117. The Morgan fingerprint density at radius 2 is 1.73 bits per heavy atom. The molecule has 0 aliphatic carbocycles. The average molecular weight is 407 g/mol. The first-order valence-electron chi connectivity index (χ1n) is 10.1. The molecule has 2 aliphatic rings. The second-order valence-electron chi connectivity index (χ2n) is 7.82. The number of aryl methyl sites for hydroxylation is 2. The Labute approximate surface area is 175 Å². The Hall–Kier alpha value is -3.42. The molecule has 3 heterocycles. The molecule has 8 nitrogen and oxygen atoms in total. The number of amides is 4. The number of urea groups is 1. The Bertz CT molecular complexity index is 996. The van der Waals surface area contributed by atoms with Gasteiger partial charge >= 0.3 is 6.03 Å². The number of piperazine rings is 1. The molecule has 2 aromatic rings. The topological polar surface area (TPSA) is 85.8 Å². The average Bonchev–Trinajstić information content (AvgIpc) is 2.99. The lowest BCUT2D eigenvalue weighted by atomic mass is 10.1. The van der Waals surface area contributed by atoms with Crippen molar-refractivity contribution in [3.05, 3.63) is 53.2 Å². The molecule has 1 aromatic carbocycles. The van der Waals surface area contributed by atoms with E-state index in [9.17, 15) is 14.4 Å². The maximum atomic E-state index is 12.9. The number of imide groups is 1. The van der Waals surface area contributed by atoms with E-state index in [0.29, 0.717) is 24.3 Å². The highest BCUT2D eigenvalue weighted by atomic mass is 16.2. The molecule has 0 bridgehead atoms. The van der Waals surface area contributed by atoms with Crippen molar-refractivity contribution < 1.29 is 14.4 Å². The summed E-state index contributed by atoms with van der Waals surface area (Å²) in [6.45, 7) is 8.40. The van der Waals surface area contributed by atoms with Gasteiger partial charge in [-0.25, -0.2) is 14.7 Å². The molecule has 1 unspecified atom stereocenters. The number of anilines is 2. The van der Waals surface area contributed by atoms with Crippen LogP contribution >= 0.6 is 0 Å². The van der Waals surface area contributed by atoms with Crippen molar-refractivity contribution in [2.45, 2.75) is 26.8 Å². The molecule has 30 heavy (non-hydrogen) atoms. The Morgan fingerprint density at radius 3 is 2.30 bits per heavy atom. The fourth-order valence-electron chi connectivity index (χ4n) is 3.95. The quantitative estimate of drug-likeness (QED) is 0.788. The Kier molecular flexibility index (Phi) is 5.15. The highest BCUT2D eigenvalue weighted by Crippen LogP contribution is 2.22. The number of nitrogens with zero attached hydrogens (tertiary/aromatic N) is 4. The van der Waals surface area contributed by atoms with Crippen LogP contribution in [0.1, 0.15) is 28.4 Å². The van der Waals surface area contributed by atoms with E-state index in [0.717, 1.165) is 34.9 Å². The summed E-state index contributed by atoms with van der Waals surface area (Å²) in [4.78, 5) is 46.7. The zero-order chi connectivity index (χ0) is 21.4. The number of nitrogens with one attached hydrogen (secondary N) is 1. The first-order chi connectivity index (χ1) is 14.3. The summed E-state index contributed by atoms with van der Waals surface area (Å²) in [7, 11) is 0. The third kappa shape index (κ3) is 3.60. The van der Waals surface area contributed by atoms with Crippen molar-refractivity contribution in [3.63, 3.8) is 0 Å². The number of hydrogen-bond donors (Lipinski definition) is 1. The van der Waals surface area contributed by atoms with Gasteiger partial charge in [-0.2, -0.15) is 0 Å². The lowest BCUT2D eigenvalue weighted by Gasteiger charge is -2.36. The van der Waals surface area contributed by atoms with Crippen molar-refractivity contribution in [2.24, 2.45) is 0 Å². The van der Waals surface area contributed by atoms with Gasteiger partial charge in [0.25, 0.3) is 11.8 Å². The van der Waals surface area contributed by atoms with Gasteiger partial charge in [-0.1, -0.05) is 6.07 Å². The number of pyridine rings is 1. The van der Waals surface area contributed by atoms with Gasteiger partial charge in [-0.3, -0.25) is 9.59 Å². The summed E-state index contributed by atoms with van der Waals surface area (Å²) >= 11 is 0. The van der Waals surface area contributed by atoms with Gasteiger partial charge in [-0.05, 0) is 56.2 Å². The van der Waals surface area contributed by atoms with Crippen LogP contribution in [-0.2, 0) is 4.79 Å². The van der Waals surface area contributed by atoms with E-state index in [1.807, 2.05) is 18.0 Å². The van der Waals surface area contributed by atoms with E-state index >= 15 is 0 Å². The highest BCUT2D eigenvalue weighted by molar-refractivity contribution is 6.21. The summed E-state index contributed by atoms with van der Waals surface area (Å²) in [5.74, 6) is 0.621. The Morgan fingerprint density at radius 1 is 1.07 bits per heavy atom. The van der Waals surface area contributed by atoms with Crippen LogP contribution in [0.2, 0.25) is 0 Å². The fraction of sp³-hybridized carbons (Fsp3) is 0.364.